The molecule has 0 aliphatic heterocycles. The van der Waals surface area contributed by atoms with Gasteiger partial charge in [-0.3, -0.25) is 4.79 Å². The first kappa shape index (κ1) is 10.6. The molecule has 0 bridgehead atoms. The molecule has 2 nitrogen and oxygen atoms in total. The van der Waals surface area contributed by atoms with Gasteiger partial charge in [-0.2, -0.15) is 0 Å². The first-order valence-corrected chi connectivity index (χ1v) is 7.07. The Kier molecular flexibility index (Phi) is 1.98. The third-order valence-electron chi connectivity index (χ3n) is 5.23. The number of hydrogen-bond acceptors (Lipinski definition) is 1. The van der Waals surface area contributed by atoms with Crippen LogP contribution < -0.4 is 0 Å². The largest absolute Gasteiger partial charge is 0.338 e. The van der Waals surface area contributed by atoms with E-state index in [1.165, 1.54) is 24.0 Å². The van der Waals surface area contributed by atoms with Crippen molar-refractivity contribution in [2.24, 2.45) is 11.3 Å². The molecular formula is C16H19NO. The number of aryl methyl sites for hydroxylation is 1. The molecule has 3 aliphatic rings. The maximum atomic E-state index is 12.5. The van der Waals surface area contributed by atoms with Gasteiger partial charge in [-0.1, -0.05) is 24.3 Å². The van der Waals surface area contributed by atoms with Gasteiger partial charge in [0.05, 0.1) is 11.5 Å². The van der Waals surface area contributed by atoms with Gasteiger partial charge in [0.25, 0.3) is 0 Å². The lowest BCUT2D eigenvalue weighted by molar-refractivity contribution is -0.136. The highest BCUT2D eigenvalue weighted by atomic mass is 16.2. The molecule has 0 radical (unpaired) electrons. The number of nitrogens with zero attached hydrogens (tertiary/aromatic N) is 1. The SMILES string of the molecule is CN(C(=O)C12CC1C2)C1CCCc2ccccc21. The number of hydrogen-bond donors (Lipinski definition) is 0. The highest BCUT2D eigenvalue weighted by molar-refractivity contribution is 5.90. The van der Waals surface area contributed by atoms with Crippen LogP contribution in [0, 0.1) is 11.3 Å². The minimum atomic E-state index is 0.112. The Morgan fingerprint density at radius 2 is 2.06 bits per heavy atom. The summed E-state index contributed by atoms with van der Waals surface area (Å²) in [4.78, 5) is 14.6. The summed E-state index contributed by atoms with van der Waals surface area (Å²) in [6.07, 6.45) is 5.81. The van der Waals surface area contributed by atoms with Gasteiger partial charge in [0.15, 0.2) is 0 Å². The minimum absolute atomic E-state index is 0.112. The molecular weight excluding hydrogens is 222 g/mol. The summed E-state index contributed by atoms with van der Waals surface area (Å²) in [5.74, 6) is 1.15. The van der Waals surface area contributed by atoms with Crippen molar-refractivity contribution in [3.63, 3.8) is 0 Å². The number of benzene rings is 1. The Bertz CT molecular complexity index is 516. The summed E-state index contributed by atoms with van der Waals surface area (Å²) >= 11 is 0. The van der Waals surface area contributed by atoms with Crippen LogP contribution in [-0.2, 0) is 11.2 Å². The van der Waals surface area contributed by atoms with E-state index in [4.69, 9.17) is 0 Å². The molecule has 2 fully saturated rings. The van der Waals surface area contributed by atoms with Gasteiger partial charge in [0, 0.05) is 7.05 Å². The second-order valence-electron chi connectivity index (χ2n) is 6.28. The molecule has 0 saturated heterocycles. The average Bonchev–Trinajstić information content (AvgIpc) is 3.25. The summed E-state index contributed by atoms with van der Waals surface area (Å²) in [5.41, 5.74) is 2.93. The van der Waals surface area contributed by atoms with Crippen molar-refractivity contribution in [3.8, 4) is 0 Å². The fourth-order valence-corrected chi connectivity index (χ4v) is 3.67. The van der Waals surface area contributed by atoms with E-state index in [0.717, 1.165) is 25.2 Å². The monoisotopic (exact) mass is 241 g/mol. The normalized spacial score (nSPS) is 35.4. The van der Waals surface area contributed by atoms with Crippen molar-refractivity contribution < 1.29 is 4.79 Å². The summed E-state index contributed by atoms with van der Waals surface area (Å²) in [7, 11) is 2.01. The van der Waals surface area contributed by atoms with Crippen molar-refractivity contribution in [1.82, 2.24) is 4.90 Å². The number of carbonyl (C=O) groups is 1. The smallest absolute Gasteiger partial charge is 0.229 e. The van der Waals surface area contributed by atoms with Crippen molar-refractivity contribution in [2.75, 3.05) is 7.05 Å². The molecule has 0 aromatic heterocycles. The molecule has 4 rings (SSSR count). The van der Waals surface area contributed by atoms with Gasteiger partial charge >= 0.3 is 0 Å². The Morgan fingerprint density at radius 3 is 2.78 bits per heavy atom. The highest BCUT2D eigenvalue weighted by Crippen LogP contribution is 2.76. The van der Waals surface area contributed by atoms with Crippen LogP contribution in [0.5, 0.6) is 0 Å². The zero-order chi connectivity index (χ0) is 12.3. The lowest BCUT2D eigenvalue weighted by Gasteiger charge is -2.34. The standard InChI is InChI=1S/C16H19NO/c1-17(15(18)16-9-12(16)10-16)14-8-4-6-11-5-2-3-7-13(11)14/h2-3,5,7,12,14H,4,6,8-10H2,1H3. The molecule has 0 heterocycles. The van der Waals surface area contributed by atoms with Crippen LogP contribution in [0.2, 0.25) is 0 Å². The second kappa shape index (κ2) is 3.37. The summed E-state index contributed by atoms with van der Waals surface area (Å²) in [5, 5.41) is 0. The van der Waals surface area contributed by atoms with Crippen LogP contribution in [0.1, 0.15) is 42.9 Å². The molecule has 18 heavy (non-hydrogen) atoms. The van der Waals surface area contributed by atoms with E-state index < -0.39 is 0 Å². The maximum Gasteiger partial charge on any atom is 0.229 e. The van der Waals surface area contributed by atoms with Gasteiger partial charge < -0.3 is 4.90 Å². The fourth-order valence-electron chi connectivity index (χ4n) is 3.67. The topological polar surface area (TPSA) is 20.3 Å². The van der Waals surface area contributed by atoms with Gasteiger partial charge in [-0.15, -0.1) is 0 Å². The van der Waals surface area contributed by atoms with Crippen LogP contribution >= 0.6 is 0 Å². The molecule has 94 valence electrons. The lowest BCUT2D eigenvalue weighted by atomic mass is 9.86. The van der Waals surface area contributed by atoms with Crippen LogP contribution in [0.4, 0.5) is 0 Å². The fraction of sp³-hybridized carbons (Fsp3) is 0.562. The quantitative estimate of drug-likeness (QED) is 0.779. The molecule has 1 aromatic carbocycles. The Labute approximate surface area is 108 Å². The average molecular weight is 241 g/mol. The lowest BCUT2D eigenvalue weighted by Crippen LogP contribution is -2.36. The summed E-state index contributed by atoms with van der Waals surface area (Å²) in [6.45, 7) is 0. The van der Waals surface area contributed by atoms with Crippen LogP contribution in [0.15, 0.2) is 24.3 Å². The zero-order valence-electron chi connectivity index (χ0n) is 10.9. The highest BCUT2D eigenvalue weighted by Gasteiger charge is 2.75. The third-order valence-corrected chi connectivity index (χ3v) is 5.23. The molecule has 0 spiro atoms. The Balaban J connectivity index is 1.63. The molecule has 1 amide bonds. The number of carbonyl (C=O) groups excluding carboxylic acids is 1. The van der Waals surface area contributed by atoms with E-state index in [1.807, 2.05) is 11.9 Å². The van der Waals surface area contributed by atoms with E-state index in [-0.39, 0.29) is 5.41 Å². The van der Waals surface area contributed by atoms with Crippen LogP contribution in [-0.4, -0.2) is 17.9 Å². The van der Waals surface area contributed by atoms with E-state index in [1.54, 1.807) is 0 Å². The van der Waals surface area contributed by atoms with Crippen molar-refractivity contribution in [1.29, 1.82) is 0 Å². The maximum absolute atomic E-state index is 12.5. The van der Waals surface area contributed by atoms with Crippen LogP contribution in [0.25, 0.3) is 0 Å². The van der Waals surface area contributed by atoms with Gasteiger partial charge in [-0.25, -0.2) is 0 Å². The Hall–Kier alpha value is -1.31. The van der Waals surface area contributed by atoms with Gasteiger partial charge in [0.1, 0.15) is 0 Å². The van der Waals surface area contributed by atoms with Gasteiger partial charge in [0.2, 0.25) is 5.91 Å². The molecule has 2 saturated carbocycles. The molecule has 2 heteroatoms. The van der Waals surface area contributed by atoms with Crippen molar-refractivity contribution in [2.45, 2.75) is 38.1 Å². The molecule has 1 aromatic rings. The molecule has 1 unspecified atom stereocenters. The minimum Gasteiger partial charge on any atom is -0.338 e. The predicted octanol–water partition coefficient (Wildman–Crippen LogP) is 2.93. The van der Waals surface area contributed by atoms with E-state index in [2.05, 4.69) is 24.3 Å². The summed E-state index contributed by atoms with van der Waals surface area (Å²) in [6, 6.07) is 8.95. The zero-order valence-corrected chi connectivity index (χ0v) is 10.9. The van der Waals surface area contributed by atoms with E-state index in [9.17, 15) is 4.79 Å². The predicted molar refractivity (Wildman–Crippen MR) is 70.0 cm³/mol. The number of rotatable bonds is 2. The first-order chi connectivity index (χ1) is 8.72. The van der Waals surface area contributed by atoms with Crippen LogP contribution in [0.3, 0.4) is 0 Å². The van der Waals surface area contributed by atoms with Crippen molar-refractivity contribution >= 4 is 5.91 Å². The second-order valence-corrected chi connectivity index (χ2v) is 6.28. The van der Waals surface area contributed by atoms with Gasteiger partial charge in [-0.05, 0) is 49.1 Å². The van der Waals surface area contributed by atoms with E-state index in [0.29, 0.717) is 11.9 Å². The molecule has 0 N–H and O–H groups in total. The Morgan fingerprint density at radius 1 is 1.33 bits per heavy atom. The molecule has 3 aliphatic carbocycles. The van der Waals surface area contributed by atoms with Crippen molar-refractivity contribution in [3.05, 3.63) is 35.4 Å². The molecule has 1 atom stereocenters. The number of fused-ring (bicyclic) bond motifs is 2. The summed E-state index contributed by atoms with van der Waals surface area (Å²) < 4.78 is 0. The van der Waals surface area contributed by atoms with E-state index >= 15 is 0 Å². The first-order valence-electron chi connectivity index (χ1n) is 7.07. The third kappa shape index (κ3) is 1.32. The number of amides is 1.